The average molecular weight is 291 g/mol. The Morgan fingerprint density at radius 2 is 1.59 bits per heavy atom. The van der Waals surface area contributed by atoms with Gasteiger partial charge in [-0.15, -0.1) is 0 Å². The molecule has 3 nitrogen and oxygen atoms in total. The van der Waals surface area contributed by atoms with Gasteiger partial charge in [-0.05, 0) is 28.0 Å². The Bertz CT molecular complexity index is 755. The van der Waals surface area contributed by atoms with Crippen LogP contribution in [-0.4, -0.2) is 6.61 Å². The maximum absolute atomic E-state index is 11.2. The van der Waals surface area contributed by atoms with E-state index in [1.54, 1.807) is 0 Å². The van der Waals surface area contributed by atoms with E-state index < -0.39 is 6.04 Å². The topological polar surface area (TPSA) is 38.7 Å². The predicted octanol–water partition coefficient (Wildman–Crippen LogP) is 4.86. The van der Waals surface area contributed by atoms with E-state index >= 15 is 0 Å². The molecule has 1 atom stereocenters. The first-order valence-corrected chi connectivity index (χ1v) is 7.29. The molecule has 22 heavy (non-hydrogen) atoms. The van der Waals surface area contributed by atoms with E-state index in [4.69, 9.17) is 4.74 Å². The van der Waals surface area contributed by atoms with Gasteiger partial charge in [-0.3, -0.25) is 0 Å². The molecule has 3 rings (SSSR count). The third kappa shape index (κ3) is 3.38. The number of benzene rings is 3. The summed E-state index contributed by atoms with van der Waals surface area (Å²) in [6.07, 6.45) is 0. The van der Waals surface area contributed by atoms with Crippen LogP contribution < -0.4 is 0 Å². The highest BCUT2D eigenvalue weighted by atomic mass is 16.5. The van der Waals surface area contributed by atoms with Crippen molar-refractivity contribution >= 4 is 10.8 Å². The summed E-state index contributed by atoms with van der Waals surface area (Å²) in [6.45, 7) is 0.775. The Morgan fingerprint density at radius 1 is 0.864 bits per heavy atom. The number of fused-ring (bicyclic) bond motifs is 1. The highest BCUT2D eigenvalue weighted by molar-refractivity contribution is 5.83. The first-order chi connectivity index (χ1) is 10.9. The number of rotatable bonds is 6. The van der Waals surface area contributed by atoms with Gasteiger partial charge in [-0.1, -0.05) is 71.9 Å². The summed E-state index contributed by atoms with van der Waals surface area (Å²) in [4.78, 5) is 11.2. The summed E-state index contributed by atoms with van der Waals surface area (Å²) in [5, 5.41) is 5.48. The van der Waals surface area contributed by atoms with E-state index in [0.717, 1.165) is 21.9 Å². The molecule has 0 spiro atoms. The van der Waals surface area contributed by atoms with E-state index in [1.807, 2.05) is 72.8 Å². The maximum Gasteiger partial charge on any atom is 0.140 e. The van der Waals surface area contributed by atoms with Crippen LogP contribution in [0.2, 0.25) is 0 Å². The summed E-state index contributed by atoms with van der Waals surface area (Å²) in [7, 11) is 0. The molecule has 0 N–H and O–H groups in total. The van der Waals surface area contributed by atoms with Crippen molar-refractivity contribution in [3.8, 4) is 0 Å². The molecule has 0 amide bonds. The smallest absolute Gasteiger partial charge is 0.140 e. The van der Waals surface area contributed by atoms with E-state index in [0.29, 0.717) is 6.61 Å². The lowest BCUT2D eigenvalue weighted by atomic mass is 10.0. The Hall–Kier alpha value is -2.52. The van der Waals surface area contributed by atoms with Crippen molar-refractivity contribution in [3.63, 3.8) is 0 Å². The number of ether oxygens (including phenoxy) is 1. The molecule has 0 aliphatic rings. The van der Waals surface area contributed by atoms with Crippen LogP contribution in [-0.2, 0) is 11.3 Å². The lowest BCUT2D eigenvalue weighted by Crippen LogP contribution is -2.05. The van der Waals surface area contributed by atoms with Crippen LogP contribution in [0.5, 0.6) is 0 Å². The summed E-state index contributed by atoms with van der Waals surface area (Å²) < 4.78 is 5.65. The van der Waals surface area contributed by atoms with Gasteiger partial charge in [0.2, 0.25) is 0 Å². The zero-order chi connectivity index (χ0) is 15.2. The van der Waals surface area contributed by atoms with Crippen molar-refractivity contribution in [1.29, 1.82) is 0 Å². The third-order valence-electron chi connectivity index (χ3n) is 3.67. The summed E-state index contributed by atoms with van der Waals surface area (Å²) in [5.74, 6) is 0. The zero-order valence-electron chi connectivity index (χ0n) is 12.2. The van der Waals surface area contributed by atoms with Gasteiger partial charge in [0.25, 0.3) is 0 Å². The lowest BCUT2D eigenvalue weighted by Gasteiger charge is -2.11. The largest absolute Gasteiger partial charge is 0.374 e. The van der Waals surface area contributed by atoms with Gasteiger partial charge in [-0.2, -0.15) is 4.91 Å². The molecule has 0 saturated heterocycles. The van der Waals surface area contributed by atoms with Gasteiger partial charge < -0.3 is 4.74 Å². The molecule has 0 heterocycles. The van der Waals surface area contributed by atoms with E-state index in [2.05, 4.69) is 5.18 Å². The minimum absolute atomic E-state index is 0.288. The van der Waals surface area contributed by atoms with Crippen molar-refractivity contribution < 1.29 is 4.74 Å². The molecule has 110 valence electrons. The summed E-state index contributed by atoms with van der Waals surface area (Å²) in [5.41, 5.74) is 1.98. The Morgan fingerprint density at radius 3 is 2.36 bits per heavy atom. The Labute approximate surface area is 129 Å². The standard InChI is InChI=1S/C19H17NO2/c21-20-19(14-22-13-15-6-2-1-3-7-15)18-11-10-16-8-4-5-9-17(16)12-18/h1-12,19H,13-14H2. The summed E-state index contributed by atoms with van der Waals surface area (Å²) >= 11 is 0. The van der Waals surface area contributed by atoms with Crippen molar-refractivity contribution in [3.05, 3.63) is 88.8 Å². The van der Waals surface area contributed by atoms with Gasteiger partial charge in [0, 0.05) is 0 Å². The van der Waals surface area contributed by atoms with E-state index in [1.165, 1.54) is 0 Å². The van der Waals surface area contributed by atoms with Crippen LogP contribution in [0.25, 0.3) is 10.8 Å². The van der Waals surface area contributed by atoms with E-state index in [-0.39, 0.29) is 6.61 Å². The number of hydrogen-bond donors (Lipinski definition) is 0. The van der Waals surface area contributed by atoms with Crippen LogP contribution >= 0.6 is 0 Å². The second-order valence-electron chi connectivity index (χ2n) is 5.23. The highest BCUT2D eigenvalue weighted by Crippen LogP contribution is 2.23. The molecule has 0 aliphatic carbocycles. The van der Waals surface area contributed by atoms with Crippen LogP contribution in [0, 0.1) is 4.91 Å². The van der Waals surface area contributed by atoms with Gasteiger partial charge in [-0.25, -0.2) is 0 Å². The third-order valence-corrected chi connectivity index (χ3v) is 3.67. The second-order valence-corrected chi connectivity index (χ2v) is 5.23. The number of hydrogen-bond acceptors (Lipinski definition) is 3. The van der Waals surface area contributed by atoms with Gasteiger partial charge in [0.15, 0.2) is 0 Å². The molecular weight excluding hydrogens is 274 g/mol. The average Bonchev–Trinajstić information content (AvgIpc) is 2.59. The molecule has 0 saturated carbocycles. The molecule has 0 fully saturated rings. The van der Waals surface area contributed by atoms with Crippen molar-refractivity contribution in [1.82, 2.24) is 0 Å². The maximum atomic E-state index is 11.2. The quantitative estimate of drug-likeness (QED) is 0.608. The molecular formula is C19H17NO2. The fraction of sp³-hybridized carbons (Fsp3) is 0.158. The minimum Gasteiger partial charge on any atom is -0.374 e. The molecule has 0 aromatic heterocycles. The molecule has 1 unspecified atom stereocenters. The fourth-order valence-electron chi connectivity index (χ4n) is 2.47. The van der Waals surface area contributed by atoms with Gasteiger partial charge in [0.1, 0.15) is 6.04 Å². The Kier molecular flexibility index (Phi) is 4.56. The molecule has 0 aliphatic heterocycles. The fourth-order valence-corrected chi connectivity index (χ4v) is 2.47. The monoisotopic (exact) mass is 291 g/mol. The molecule has 0 radical (unpaired) electrons. The van der Waals surface area contributed by atoms with Crippen LogP contribution in [0.3, 0.4) is 0 Å². The zero-order valence-corrected chi connectivity index (χ0v) is 12.2. The Balaban J connectivity index is 1.68. The molecule has 0 bridgehead atoms. The van der Waals surface area contributed by atoms with Gasteiger partial charge >= 0.3 is 0 Å². The molecule has 3 aromatic rings. The highest BCUT2D eigenvalue weighted by Gasteiger charge is 2.12. The van der Waals surface area contributed by atoms with Gasteiger partial charge in [0.05, 0.1) is 13.2 Å². The van der Waals surface area contributed by atoms with Crippen LogP contribution in [0.1, 0.15) is 17.2 Å². The second kappa shape index (κ2) is 6.96. The van der Waals surface area contributed by atoms with Crippen molar-refractivity contribution in [2.75, 3.05) is 6.61 Å². The molecule has 3 aromatic carbocycles. The SMILES string of the molecule is O=NC(COCc1ccccc1)c1ccc2ccccc2c1. The predicted molar refractivity (Wildman–Crippen MR) is 88.6 cm³/mol. The lowest BCUT2D eigenvalue weighted by molar-refractivity contribution is 0.108. The normalized spacial score (nSPS) is 12.2. The number of nitrogens with zero attached hydrogens (tertiary/aromatic N) is 1. The minimum atomic E-state index is -0.478. The first-order valence-electron chi connectivity index (χ1n) is 7.29. The molecule has 3 heteroatoms. The summed E-state index contributed by atoms with van der Waals surface area (Å²) in [6, 6.07) is 23.5. The van der Waals surface area contributed by atoms with Crippen LogP contribution in [0.15, 0.2) is 78.0 Å². The van der Waals surface area contributed by atoms with Crippen LogP contribution in [0.4, 0.5) is 0 Å². The first kappa shape index (κ1) is 14.4. The van der Waals surface area contributed by atoms with E-state index in [9.17, 15) is 4.91 Å². The number of nitroso groups, excluding NO2 is 1. The van der Waals surface area contributed by atoms with Crippen molar-refractivity contribution in [2.24, 2.45) is 5.18 Å². The van der Waals surface area contributed by atoms with Crippen molar-refractivity contribution in [2.45, 2.75) is 12.6 Å².